The van der Waals surface area contributed by atoms with Gasteiger partial charge >= 0.3 is 11.9 Å². The predicted octanol–water partition coefficient (Wildman–Crippen LogP) is 2.28. The van der Waals surface area contributed by atoms with E-state index in [-0.39, 0.29) is 0 Å². The lowest BCUT2D eigenvalue weighted by atomic mass is 10.2. The highest BCUT2D eigenvalue weighted by atomic mass is 32.2. The highest BCUT2D eigenvalue weighted by Crippen LogP contribution is 2.33. The molecule has 0 unspecified atom stereocenters. The van der Waals surface area contributed by atoms with Crippen LogP contribution in [0, 0.1) is 0 Å². The largest absolute Gasteiger partial charge is 0.416 e. The van der Waals surface area contributed by atoms with Crippen LogP contribution in [0.3, 0.4) is 0 Å². The van der Waals surface area contributed by atoms with E-state index in [4.69, 9.17) is 5.73 Å². The van der Waals surface area contributed by atoms with Gasteiger partial charge in [0.2, 0.25) is 9.84 Å². The normalized spacial score (nSPS) is 13.1. The van der Waals surface area contributed by atoms with Crippen LogP contribution in [0.25, 0.3) is 0 Å². The van der Waals surface area contributed by atoms with E-state index >= 15 is 0 Å². The van der Waals surface area contributed by atoms with Crippen LogP contribution >= 0.6 is 0 Å². The Hall–Kier alpha value is -1.38. The van der Waals surface area contributed by atoms with Crippen molar-refractivity contribution in [3.8, 4) is 0 Å². The topological polar surface area (TPSA) is 60.2 Å². The molecule has 17 heavy (non-hydrogen) atoms. The zero-order chi connectivity index (χ0) is 13.4. The van der Waals surface area contributed by atoms with Gasteiger partial charge in [-0.1, -0.05) is 0 Å². The summed E-state index contributed by atoms with van der Waals surface area (Å²) in [6.45, 7) is 0. The summed E-state index contributed by atoms with van der Waals surface area (Å²) in [5.41, 5.74) is 2.96. The molecule has 0 saturated carbocycles. The molecule has 0 aromatic heterocycles. The Morgan fingerprint density at radius 2 is 1.71 bits per heavy atom. The van der Waals surface area contributed by atoms with E-state index in [2.05, 4.69) is 0 Å². The maximum Gasteiger partial charge on any atom is 0.416 e. The average molecular weight is 275 g/mol. The van der Waals surface area contributed by atoms with E-state index in [1.807, 2.05) is 0 Å². The number of hydrogen-bond acceptors (Lipinski definition) is 3. The molecule has 9 heteroatoms. The van der Waals surface area contributed by atoms with Crippen molar-refractivity contribution in [2.75, 3.05) is 5.73 Å². The van der Waals surface area contributed by atoms with E-state index in [0.29, 0.717) is 18.2 Å². The van der Waals surface area contributed by atoms with Gasteiger partial charge in [-0.15, -0.1) is 0 Å². The molecule has 3 nitrogen and oxygen atoms in total. The number of rotatable bonds is 2. The summed E-state index contributed by atoms with van der Waals surface area (Å²) in [5.74, 6) is -3.73. The molecule has 0 atom stereocenters. The fraction of sp³-hybridized carbons (Fsp3) is 0.250. The third-order valence-electron chi connectivity index (χ3n) is 1.88. The summed E-state index contributed by atoms with van der Waals surface area (Å²) in [4.78, 5) is -1.01. The second-order valence-corrected chi connectivity index (χ2v) is 4.94. The summed E-state index contributed by atoms with van der Waals surface area (Å²) in [6, 6.07) is 1.10. The lowest BCUT2D eigenvalue weighted by molar-refractivity contribution is -0.137. The molecule has 0 aliphatic rings. The standard InChI is InChI=1S/C8H6F5NO2S/c9-7(10)17(15,16)6-2-1-4(3-5(6)14)8(11,12)13/h1-3,7H,14H2. The Morgan fingerprint density at radius 1 is 1.18 bits per heavy atom. The van der Waals surface area contributed by atoms with Gasteiger partial charge in [-0.2, -0.15) is 22.0 Å². The quantitative estimate of drug-likeness (QED) is 0.665. The first-order valence-electron chi connectivity index (χ1n) is 4.05. The number of nitrogen functional groups attached to an aromatic ring is 1. The summed E-state index contributed by atoms with van der Waals surface area (Å²) in [7, 11) is -5.00. The highest BCUT2D eigenvalue weighted by molar-refractivity contribution is 7.91. The van der Waals surface area contributed by atoms with Gasteiger partial charge in [-0.05, 0) is 18.2 Å². The van der Waals surface area contributed by atoms with Gasteiger partial charge < -0.3 is 5.73 Å². The number of benzene rings is 1. The third-order valence-corrected chi connectivity index (χ3v) is 3.33. The molecule has 0 fully saturated rings. The Labute approximate surface area is 93.0 Å². The Kier molecular flexibility index (Phi) is 3.33. The first kappa shape index (κ1) is 13.7. The smallest absolute Gasteiger partial charge is 0.398 e. The Balaban J connectivity index is 3.34. The Bertz CT molecular complexity index is 523. The van der Waals surface area contributed by atoms with Crippen LogP contribution < -0.4 is 5.73 Å². The molecule has 1 aromatic carbocycles. The molecular weight excluding hydrogens is 269 g/mol. The maximum atomic E-state index is 12.2. The second kappa shape index (κ2) is 4.13. The number of anilines is 1. The first-order chi connectivity index (χ1) is 7.56. The van der Waals surface area contributed by atoms with Gasteiger partial charge in [-0.25, -0.2) is 8.42 Å². The number of sulfone groups is 1. The van der Waals surface area contributed by atoms with Crippen molar-refractivity contribution >= 4 is 15.5 Å². The van der Waals surface area contributed by atoms with Crippen molar-refractivity contribution < 1.29 is 30.4 Å². The van der Waals surface area contributed by atoms with Crippen LogP contribution in [0.15, 0.2) is 23.1 Å². The maximum absolute atomic E-state index is 12.2. The van der Waals surface area contributed by atoms with Crippen molar-refractivity contribution in [2.24, 2.45) is 0 Å². The van der Waals surface area contributed by atoms with Crippen molar-refractivity contribution in [1.82, 2.24) is 0 Å². The highest BCUT2D eigenvalue weighted by Gasteiger charge is 2.34. The molecule has 0 spiro atoms. The van der Waals surface area contributed by atoms with E-state index < -0.39 is 37.9 Å². The van der Waals surface area contributed by atoms with Crippen LogP contribution in [0.5, 0.6) is 0 Å². The van der Waals surface area contributed by atoms with Crippen molar-refractivity contribution in [2.45, 2.75) is 16.8 Å². The molecule has 1 aromatic rings. The number of nitrogens with two attached hydrogens (primary N) is 1. The zero-order valence-corrected chi connectivity index (χ0v) is 8.82. The van der Waals surface area contributed by atoms with Crippen LogP contribution in [-0.2, 0) is 16.0 Å². The monoisotopic (exact) mass is 275 g/mol. The van der Waals surface area contributed by atoms with E-state index in [1.54, 1.807) is 0 Å². The van der Waals surface area contributed by atoms with Crippen molar-refractivity contribution in [3.63, 3.8) is 0 Å². The van der Waals surface area contributed by atoms with Gasteiger partial charge in [0, 0.05) is 0 Å². The third kappa shape index (κ3) is 2.65. The molecule has 0 bridgehead atoms. The van der Waals surface area contributed by atoms with Crippen LogP contribution in [0.2, 0.25) is 0 Å². The molecular formula is C8H6F5NO2S. The number of halogens is 5. The van der Waals surface area contributed by atoms with Gasteiger partial charge in [0.15, 0.2) is 0 Å². The van der Waals surface area contributed by atoms with Crippen LogP contribution in [0.4, 0.5) is 27.6 Å². The molecule has 2 N–H and O–H groups in total. The molecule has 0 aliphatic heterocycles. The fourth-order valence-corrected chi connectivity index (χ4v) is 1.92. The summed E-state index contributed by atoms with van der Waals surface area (Å²) in [5, 5.41) is 0. The molecule has 0 amide bonds. The first-order valence-corrected chi connectivity index (χ1v) is 5.60. The fourth-order valence-electron chi connectivity index (χ4n) is 1.08. The van der Waals surface area contributed by atoms with E-state index in [9.17, 15) is 30.4 Å². The van der Waals surface area contributed by atoms with Gasteiger partial charge in [0.25, 0.3) is 0 Å². The molecule has 0 saturated heterocycles. The lowest BCUT2D eigenvalue weighted by Crippen LogP contribution is -2.15. The van der Waals surface area contributed by atoms with Crippen LogP contribution in [0.1, 0.15) is 5.56 Å². The van der Waals surface area contributed by atoms with Gasteiger partial charge in [0.05, 0.1) is 16.1 Å². The van der Waals surface area contributed by atoms with Gasteiger partial charge in [-0.3, -0.25) is 0 Å². The summed E-state index contributed by atoms with van der Waals surface area (Å²) < 4.78 is 82.9. The molecule has 1 rings (SSSR count). The summed E-state index contributed by atoms with van der Waals surface area (Å²) in [6.07, 6.45) is -4.72. The number of hydrogen-bond donors (Lipinski definition) is 1. The van der Waals surface area contributed by atoms with E-state index in [0.717, 1.165) is 0 Å². The molecule has 0 radical (unpaired) electrons. The molecule has 0 aliphatic carbocycles. The number of alkyl halides is 5. The lowest BCUT2D eigenvalue weighted by Gasteiger charge is -2.10. The van der Waals surface area contributed by atoms with E-state index in [1.165, 1.54) is 0 Å². The minimum absolute atomic E-state index is 0.301. The Morgan fingerprint density at radius 3 is 2.06 bits per heavy atom. The second-order valence-electron chi connectivity index (χ2n) is 3.06. The summed E-state index contributed by atoms with van der Waals surface area (Å²) >= 11 is 0. The van der Waals surface area contributed by atoms with Crippen molar-refractivity contribution in [3.05, 3.63) is 23.8 Å². The zero-order valence-electron chi connectivity index (χ0n) is 8.00. The average Bonchev–Trinajstić information content (AvgIpc) is 2.15. The molecule has 96 valence electrons. The minimum atomic E-state index is -5.00. The predicted molar refractivity (Wildman–Crippen MR) is 49.0 cm³/mol. The van der Waals surface area contributed by atoms with Gasteiger partial charge in [0.1, 0.15) is 0 Å². The SMILES string of the molecule is Nc1cc(C(F)(F)F)ccc1S(=O)(=O)C(F)F. The van der Waals surface area contributed by atoms with Crippen LogP contribution in [-0.4, -0.2) is 14.2 Å². The molecule has 0 heterocycles. The minimum Gasteiger partial charge on any atom is -0.398 e. The van der Waals surface area contributed by atoms with Crippen molar-refractivity contribution in [1.29, 1.82) is 0 Å².